The molecule has 0 aliphatic rings. The molecule has 0 amide bonds. The van der Waals surface area contributed by atoms with Gasteiger partial charge < -0.3 is 9.87 Å². The smallest absolute Gasteiger partial charge is 0.152 e. The first-order chi connectivity index (χ1) is 4.27. The van der Waals surface area contributed by atoms with Crippen molar-refractivity contribution in [1.82, 2.24) is 5.32 Å². The van der Waals surface area contributed by atoms with E-state index in [1.807, 2.05) is 7.05 Å². The van der Waals surface area contributed by atoms with Crippen LogP contribution in [0.5, 0.6) is 0 Å². The minimum atomic E-state index is -1.60. The average Bonchev–Trinajstić information content (AvgIpc) is 1.80. The van der Waals surface area contributed by atoms with Crippen LogP contribution in [0.15, 0.2) is 0 Å². The molecule has 0 aliphatic heterocycles. The predicted octanol–water partition coefficient (Wildman–Crippen LogP) is 0.208. The van der Waals surface area contributed by atoms with E-state index in [-0.39, 0.29) is 0 Å². The highest BCUT2D eigenvalue weighted by molar-refractivity contribution is 7.79. The third-order valence-corrected chi connectivity index (χ3v) is 1.63. The van der Waals surface area contributed by atoms with Crippen LogP contribution in [0.3, 0.4) is 0 Å². The van der Waals surface area contributed by atoms with E-state index in [1.54, 1.807) is 0 Å². The van der Waals surface area contributed by atoms with E-state index in [1.165, 1.54) is 0 Å². The second-order valence-corrected chi connectivity index (χ2v) is 2.89. The van der Waals surface area contributed by atoms with Gasteiger partial charge in [0.2, 0.25) is 0 Å². The van der Waals surface area contributed by atoms with Crippen LogP contribution in [0.4, 0.5) is 0 Å². The Kier molecular flexibility index (Phi) is 6.24. The van der Waals surface area contributed by atoms with Crippen molar-refractivity contribution in [2.24, 2.45) is 0 Å². The van der Waals surface area contributed by atoms with Crippen molar-refractivity contribution in [1.29, 1.82) is 0 Å². The van der Waals surface area contributed by atoms with Crippen LogP contribution in [0, 0.1) is 0 Å². The quantitative estimate of drug-likeness (QED) is 0.436. The lowest BCUT2D eigenvalue weighted by molar-refractivity contribution is 0.559. The lowest BCUT2D eigenvalue weighted by Gasteiger charge is -1.95. The largest absolute Gasteiger partial charge is 0.320 e. The van der Waals surface area contributed by atoms with E-state index in [4.69, 9.17) is 4.55 Å². The number of unbranched alkanes of at least 4 members (excludes halogenated alkanes) is 1. The summed E-state index contributed by atoms with van der Waals surface area (Å²) in [5, 5.41) is 2.96. The Balaban J connectivity index is 2.83. The second-order valence-electron chi connectivity index (χ2n) is 1.84. The van der Waals surface area contributed by atoms with E-state index in [9.17, 15) is 4.21 Å². The summed E-state index contributed by atoms with van der Waals surface area (Å²) in [5.74, 6) is 0.404. The standard InChI is InChI=1S/C5H13NO2S/c1-6-4-2-3-5-9(7)8/h6H,2-5H2,1H3,(H,7,8). The molecular formula is C5H13NO2S. The molecule has 0 spiro atoms. The van der Waals surface area contributed by atoms with Gasteiger partial charge in [-0.3, -0.25) is 0 Å². The lowest BCUT2D eigenvalue weighted by atomic mass is 10.3. The van der Waals surface area contributed by atoms with E-state index in [2.05, 4.69) is 5.32 Å². The van der Waals surface area contributed by atoms with Crippen LogP contribution < -0.4 is 5.32 Å². The SMILES string of the molecule is CNCCCCS(=O)O. The van der Waals surface area contributed by atoms with Gasteiger partial charge in [0.25, 0.3) is 0 Å². The Bertz CT molecular complexity index is 87.0. The Labute approximate surface area is 58.1 Å². The zero-order valence-corrected chi connectivity index (χ0v) is 6.41. The van der Waals surface area contributed by atoms with Crippen molar-refractivity contribution in [3.8, 4) is 0 Å². The maximum absolute atomic E-state index is 10.1. The summed E-state index contributed by atoms with van der Waals surface area (Å²) in [6.45, 7) is 0.928. The van der Waals surface area contributed by atoms with E-state index < -0.39 is 11.1 Å². The van der Waals surface area contributed by atoms with Gasteiger partial charge >= 0.3 is 0 Å². The number of hydrogen-bond donors (Lipinski definition) is 2. The predicted molar refractivity (Wildman–Crippen MR) is 38.8 cm³/mol. The van der Waals surface area contributed by atoms with Crippen molar-refractivity contribution in [3.05, 3.63) is 0 Å². The molecule has 0 rings (SSSR count). The summed E-state index contributed by atoms with van der Waals surface area (Å²) in [6, 6.07) is 0. The van der Waals surface area contributed by atoms with Gasteiger partial charge in [-0.15, -0.1) is 0 Å². The first kappa shape index (κ1) is 9.07. The van der Waals surface area contributed by atoms with Gasteiger partial charge in [-0.05, 0) is 26.4 Å². The Morgan fingerprint density at radius 2 is 2.22 bits per heavy atom. The molecule has 4 heteroatoms. The molecule has 3 nitrogen and oxygen atoms in total. The van der Waals surface area contributed by atoms with Gasteiger partial charge in [0, 0.05) is 5.75 Å². The maximum atomic E-state index is 10.1. The normalized spacial score (nSPS) is 13.6. The highest BCUT2D eigenvalue weighted by atomic mass is 32.2. The molecule has 0 saturated heterocycles. The molecule has 0 saturated carbocycles. The van der Waals surface area contributed by atoms with E-state index >= 15 is 0 Å². The second kappa shape index (κ2) is 6.19. The molecule has 0 aromatic rings. The summed E-state index contributed by atoms with van der Waals surface area (Å²) in [4.78, 5) is 0. The van der Waals surface area contributed by atoms with Crippen molar-refractivity contribution >= 4 is 11.1 Å². The zero-order valence-electron chi connectivity index (χ0n) is 5.59. The minimum Gasteiger partial charge on any atom is -0.320 e. The Hall–Kier alpha value is 0.0700. The molecule has 9 heavy (non-hydrogen) atoms. The summed E-state index contributed by atoms with van der Waals surface area (Å²) in [6.07, 6.45) is 1.80. The third-order valence-electron chi connectivity index (χ3n) is 0.996. The van der Waals surface area contributed by atoms with E-state index in [0.717, 1.165) is 19.4 Å². The fourth-order valence-electron chi connectivity index (χ4n) is 0.527. The molecule has 1 unspecified atom stereocenters. The van der Waals surface area contributed by atoms with Crippen LogP contribution in [-0.4, -0.2) is 28.1 Å². The minimum absolute atomic E-state index is 0.404. The monoisotopic (exact) mass is 151 g/mol. The van der Waals surface area contributed by atoms with Crippen LogP contribution in [0.2, 0.25) is 0 Å². The fourth-order valence-corrected chi connectivity index (χ4v) is 0.978. The Morgan fingerprint density at radius 1 is 1.56 bits per heavy atom. The molecular weight excluding hydrogens is 138 g/mol. The van der Waals surface area contributed by atoms with E-state index in [0.29, 0.717) is 5.75 Å². The molecule has 1 atom stereocenters. The molecule has 0 aliphatic carbocycles. The number of hydrogen-bond acceptors (Lipinski definition) is 2. The maximum Gasteiger partial charge on any atom is 0.152 e. The molecule has 0 fully saturated rings. The van der Waals surface area contributed by atoms with Crippen molar-refractivity contribution in [3.63, 3.8) is 0 Å². The summed E-state index contributed by atoms with van der Waals surface area (Å²) < 4.78 is 18.4. The first-order valence-corrected chi connectivity index (χ1v) is 4.27. The summed E-state index contributed by atoms with van der Waals surface area (Å²) >= 11 is -1.60. The first-order valence-electron chi connectivity index (χ1n) is 2.99. The Morgan fingerprint density at radius 3 is 2.67 bits per heavy atom. The zero-order chi connectivity index (χ0) is 7.11. The van der Waals surface area contributed by atoms with Gasteiger partial charge in [0.05, 0.1) is 0 Å². The van der Waals surface area contributed by atoms with Gasteiger partial charge in [0.15, 0.2) is 11.1 Å². The molecule has 0 bridgehead atoms. The van der Waals surface area contributed by atoms with Gasteiger partial charge in [-0.25, -0.2) is 4.21 Å². The van der Waals surface area contributed by atoms with Crippen molar-refractivity contribution in [2.75, 3.05) is 19.3 Å². The molecule has 56 valence electrons. The van der Waals surface area contributed by atoms with Crippen LogP contribution in [-0.2, 0) is 11.1 Å². The molecule has 0 radical (unpaired) electrons. The van der Waals surface area contributed by atoms with Gasteiger partial charge in [0.1, 0.15) is 0 Å². The van der Waals surface area contributed by atoms with Crippen LogP contribution in [0.1, 0.15) is 12.8 Å². The van der Waals surface area contributed by atoms with Crippen molar-refractivity contribution in [2.45, 2.75) is 12.8 Å². The van der Waals surface area contributed by atoms with Crippen molar-refractivity contribution < 1.29 is 8.76 Å². The number of nitrogens with one attached hydrogen (secondary N) is 1. The molecule has 0 aromatic carbocycles. The number of rotatable bonds is 5. The third kappa shape index (κ3) is 8.07. The van der Waals surface area contributed by atoms with Gasteiger partial charge in [-0.1, -0.05) is 0 Å². The lowest BCUT2D eigenvalue weighted by Crippen LogP contribution is -2.08. The van der Waals surface area contributed by atoms with Gasteiger partial charge in [-0.2, -0.15) is 0 Å². The highest BCUT2D eigenvalue weighted by Crippen LogP contribution is 1.87. The molecule has 2 N–H and O–H groups in total. The topological polar surface area (TPSA) is 49.3 Å². The molecule has 0 heterocycles. The average molecular weight is 151 g/mol. The van der Waals surface area contributed by atoms with Crippen LogP contribution >= 0.6 is 0 Å². The highest BCUT2D eigenvalue weighted by Gasteiger charge is 1.91. The summed E-state index contributed by atoms with van der Waals surface area (Å²) in [5.41, 5.74) is 0. The molecule has 0 aromatic heterocycles. The fraction of sp³-hybridized carbons (Fsp3) is 1.00. The summed E-state index contributed by atoms with van der Waals surface area (Å²) in [7, 11) is 1.87. The van der Waals surface area contributed by atoms with Crippen LogP contribution in [0.25, 0.3) is 0 Å².